The van der Waals surface area contributed by atoms with E-state index in [0.717, 1.165) is 4.90 Å². The van der Waals surface area contributed by atoms with Crippen LogP contribution in [-0.4, -0.2) is 58.4 Å². The number of likely N-dealkylation sites (N-methyl/N-ethyl adjacent to an activating group) is 1. The van der Waals surface area contributed by atoms with E-state index >= 15 is 0 Å². The molecule has 0 aromatic rings. The van der Waals surface area contributed by atoms with Gasteiger partial charge in [0.1, 0.15) is 9.85 Å². The van der Waals surface area contributed by atoms with Crippen LogP contribution in [-0.2, 0) is 4.79 Å². The Morgan fingerprint density at radius 3 is 2.00 bits per heavy atom. The Labute approximate surface area is 103 Å². The van der Waals surface area contributed by atoms with Crippen LogP contribution in [0.1, 0.15) is 6.92 Å². The Balaban J connectivity index is 2.81. The Morgan fingerprint density at radius 2 is 1.72 bits per heavy atom. The van der Waals surface area contributed by atoms with Gasteiger partial charge in [-0.15, -0.1) is 0 Å². The number of allylic oxidation sites excluding steroid dienone is 1. The first-order valence-electron chi connectivity index (χ1n) is 5.18. The number of amides is 1. The molecule has 1 aliphatic heterocycles. The third kappa shape index (κ3) is 1.98. The van der Waals surface area contributed by atoms with E-state index in [0.29, 0.717) is 5.70 Å². The first kappa shape index (κ1) is 13.9. The Kier molecular flexibility index (Phi) is 3.54. The Morgan fingerprint density at radius 1 is 1.28 bits per heavy atom. The van der Waals surface area contributed by atoms with E-state index in [1.165, 1.54) is 0 Å². The Bertz CT molecular complexity index is 409. The van der Waals surface area contributed by atoms with Gasteiger partial charge in [-0.05, 0) is 6.92 Å². The molecule has 0 N–H and O–H groups in total. The normalized spacial score (nSPS) is 17.9. The monoisotopic (exact) mass is 258 g/mol. The van der Waals surface area contributed by atoms with Crippen molar-refractivity contribution in [2.75, 3.05) is 27.2 Å². The summed E-state index contributed by atoms with van der Waals surface area (Å²) in [6.07, 6.45) is 1.56. The van der Waals surface area contributed by atoms with Crippen molar-refractivity contribution in [2.24, 2.45) is 0 Å². The van der Waals surface area contributed by atoms with Gasteiger partial charge in [-0.3, -0.25) is 25.0 Å². The maximum Gasteiger partial charge on any atom is 0.492 e. The predicted octanol–water partition coefficient (Wildman–Crippen LogP) is -0.456. The van der Waals surface area contributed by atoms with E-state index in [2.05, 4.69) is 0 Å². The van der Waals surface area contributed by atoms with Crippen LogP contribution in [0.15, 0.2) is 11.8 Å². The lowest BCUT2D eigenvalue weighted by atomic mass is 10.0. The molecule has 1 amide bonds. The number of carbonyl (C=O) groups is 1. The fourth-order valence-corrected chi connectivity index (χ4v) is 1.74. The SMILES string of the molecule is CC=C(C(=O)N1CC([N+](=O)[O-])([N+](=O)[O-])C1)N(C)C. The molecular weight excluding hydrogens is 244 g/mol. The van der Waals surface area contributed by atoms with Crippen LogP contribution in [0.5, 0.6) is 0 Å². The highest BCUT2D eigenvalue weighted by atomic mass is 16.7. The number of rotatable bonds is 4. The highest BCUT2D eigenvalue weighted by Crippen LogP contribution is 2.26. The summed E-state index contributed by atoms with van der Waals surface area (Å²) in [5, 5.41) is 21.4. The van der Waals surface area contributed by atoms with Crippen molar-refractivity contribution in [2.45, 2.75) is 12.6 Å². The van der Waals surface area contributed by atoms with Crippen LogP contribution in [0.2, 0.25) is 0 Å². The zero-order chi connectivity index (χ0) is 14.1. The number of hydrogen-bond donors (Lipinski definition) is 0. The first-order valence-corrected chi connectivity index (χ1v) is 5.18. The highest BCUT2D eigenvalue weighted by molar-refractivity contribution is 5.93. The number of nitro groups is 2. The molecule has 9 nitrogen and oxygen atoms in total. The quantitative estimate of drug-likeness (QED) is 0.292. The van der Waals surface area contributed by atoms with Crippen molar-refractivity contribution < 1.29 is 14.6 Å². The van der Waals surface area contributed by atoms with Crippen molar-refractivity contribution in [3.8, 4) is 0 Å². The standard InChI is InChI=1S/C9H14N4O5/c1-4-7(10(2)3)8(14)11-5-9(6-11,12(15)16)13(17)18/h4H,5-6H2,1-3H3. The number of carbonyl (C=O) groups excluding carboxylic acids is 1. The molecule has 0 radical (unpaired) electrons. The van der Waals surface area contributed by atoms with Crippen LogP contribution < -0.4 is 0 Å². The maximum absolute atomic E-state index is 11.9. The van der Waals surface area contributed by atoms with Gasteiger partial charge < -0.3 is 9.80 Å². The Hall–Kier alpha value is -2.19. The number of nitrogens with zero attached hydrogens (tertiary/aromatic N) is 4. The van der Waals surface area contributed by atoms with Crippen LogP contribution in [0, 0.1) is 20.2 Å². The van der Waals surface area contributed by atoms with E-state index in [1.54, 1.807) is 32.0 Å². The summed E-state index contributed by atoms with van der Waals surface area (Å²) in [5.41, 5.74) is -1.91. The maximum atomic E-state index is 11.9. The van der Waals surface area contributed by atoms with Gasteiger partial charge in [0.05, 0.1) is 5.70 Å². The van der Waals surface area contributed by atoms with Gasteiger partial charge in [0.15, 0.2) is 13.1 Å². The molecular formula is C9H14N4O5. The second kappa shape index (κ2) is 4.59. The summed E-state index contributed by atoms with van der Waals surface area (Å²) in [7, 11) is 3.31. The molecule has 1 rings (SSSR count). The first-order chi connectivity index (χ1) is 8.26. The van der Waals surface area contributed by atoms with E-state index in [4.69, 9.17) is 0 Å². The largest absolute Gasteiger partial charge is 0.492 e. The van der Waals surface area contributed by atoms with Gasteiger partial charge in [-0.2, -0.15) is 0 Å². The minimum Gasteiger partial charge on any atom is -0.373 e. The summed E-state index contributed by atoms with van der Waals surface area (Å²) in [6.45, 7) is 0.648. The summed E-state index contributed by atoms with van der Waals surface area (Å²) < 4.78 is 0. The molecule has 0 spiro atoms. The van der Waals surface area contributed by atoms with Gasteiger partial charge in [-0.1, -0.05) is 6.08 Å². The summed E-state index contributed by atoms with van der Waals surface area (Å²) in [4.78, 5) is 34.0. The topological polar surface area (TPSA) is 110 Å². The lowest BCUT2D eigenvalue weighted by Gasteiger charge is -2.37. The molecule has 18 heavy (non-hydrogen) atoms. The minimum absolute atomic E-state index is 0.343. The highest BCUT2D eigenvalue weighted by Gasteiger charge is 2.67. The third-order valence-corrected chi connectivity index (χ3v) is 2.83. The molecule has 0 saturated carbocycles. The molecule has 100 valence electrons. The van der Waals surface area contributed by atoms with Gasteiger partial charge >= 0.3 is 5.66 Å². The van der Waals surface area contributed by atoms with Gasteiger partial charge in [0.25, 0.3) is 5.91 Å². The molecule has 1 heterocycles. The van der Waals surface area contributed by atoms with Crippen LogP contribution in [0.25, 0.3) is 0 Å². The van der Waals surface area contributed by atoms with Crippen LogP contribution in [0.3, 0.4) is 0 Å². The molecule has 0 atom stereocenters. The van der Waals surface area contributed by atoms with Crippen LogP contribution >= 0.6 is 0 Å². The van der Waals surface area contributed by atoms with E-state index in [1.807, 2.05) is 0 Å². The summed E-state index contributed by atoms with van der Waals surface area (Å²) >= 11 is 0. The summed E-state index contributed by atoms with van der Waals surface area (Å²) in [5.74, 6) is -0.443. The van der Waals surface area contributed by atoms with Crippen molar-refractivity contribution >= 4 is 5.91 Å². The predicted molar refractivity (Wildman–Crippen MR) is 60.7 cm³/mol. The lowest BCUT2D eigenvalue weighted by molar-refractivity contribution is -0.809. The third-order valence-electron chi connectivity index (χ3n) is 2.83. The average Bonchev–Trinajstić information content (AvgIpc) is 2.14. The lowest BCUT2D eigenvalue weighted by Crippen LogP contribution is -2.71. The van der Waals surface area contributed by atoms with E-state index < -0.39 is 34.5 Å². The van der Waals surface area contributed by atoms with Gasteiger partial charge in [0.2, 0.25) is 0 Å². The molecule has 0 bridgehead atoms. The fraction of sp³-hybridized carbons (Fsp3) is 0.667. The number of likely N-dealkylation sites (tertiary alicyclic amines) is 1. The molecule has 0 aromatic carbocycles. The van der Waals surface area contributed by atoms with Gasteiger partial charge in [-0.25, -0.2) is 0 Å². The zero-order valence-corrected chi connectivity index (χ0v) is 10.3. The molecule has 1 aliphatic rings. The second-order valence-electron chi connectivity index (χ2n) is 4.23. The number of hydrogen-bond acceptors (Lipinski definition) is 6. The van der Waals surface area contributed by atoms with Crippen molar-refractivity contribution in [3.63, 3.8) is 0 Å². The second-order valence-corrected chi connectivity index (χ2v) is 4.23. The van der Waals surface area contributed by atoms with Crippen molar-refractivity contribution in [1.29, 1.82) is 0 Å². The zero-order valence-electron chi connectivity index (χ0n) is 10.3. The molecule has 0 unspecified atom stereocenters. The summed E-state index contributed by atoms with van der Waals surface area (Å²) in [6, 6.07) is 0. The molecule has 0 aliphatic carbocycles. The smallest absolute Gasteiger partial charge is 0.373 e. The molecule has 9 heteroatoms. The fourth-order valence-electron chi connectivity index (χ4n) is 1.74. The van der Waals surface area contributed by atoms with Crippen LogP contribution in [0.4, 0.5) is 0 Å². The van der Waals surface area contributed by atoms with Crippen molar-refractivity contribution in [3.05, 3.63) is 32.0 Å². The minimum atomic E-state index is -2.25. The van der Waals surface area contributed by atoms with Gasteiger partial charge in [0, 0.05) is 14.1 Å². The van der Waals surface area contributed by atoms with E-state index in [-0.39, 0.29) is 0 Å². The molecule has 0 aromatic heterocycles. The van der Waals surface area contributed by atoms with Crippen molar-refractivity contribution in [1.82, 2.24) is 9.80 Å². The molecule has 1 fully saturated rings. The average molecular weight is 258 g/mol. The van der Waals surface area contributed by atoms with E-state index in [9.17, 15) is 25.0 Å². The molecule has 1 saturated heterocycles.